The summed E-state index contributed by atoms with van der Waals surface area (Å²) in [5.41, 5.74) is 1.01. The van der Waals surface area contributed by atoms with E-state index in [1.807, 2.05) is 42.5 Å². The first-order chi connectivity index (χ1) is 8.93. The number of hydrogen-bond acceptors (Lipinski definition) is 2. The Morgan fingerprint density at radius 1 is 0.947 bits per heavy atom. The van der Waals surface area contributed by atoms with E-state index < -0.39 is 10.2 Å². The molecule has 0 atom stereocenters. The minimum atomic E-state index is -3.38. The molecule has 0 aliphatic carbocycles. The zero-order valence-corrected chi connectivity index (χ0v) is 12.2. The van der Waals surface area contributed by atoms with Gasteiger partial charge in [0.2, 0.25) is 0 Å². The minimum Gasteiger partial charge on any atom is -0.195 e. The van der Waals surface area contributed by atoms with E-state index in [1.54, 1.807) is 7.05 Å². The van der Waals surface area contributed by atoms with Gasteiger partial charge in [0.15, 0.2) is 0 Å². The van der Waals surface area contributed by atoms with Crippen LogP contribution in [-0.2, 0) is 16.8 Å². The molecule has 0 saturated heterocycles. The zero-order valence-electron chi connectivity index (χ0n) is 11.4. The third-order valence-electron chi connectivity index (χ3n) is 3.13. The van der Waals surface area contributed by atoms with Crippen LogP contribution < -0.4 is 0 Å². The van der Waals surface area contributed by atoms with Crippen LogP contribution in [0.5, 0.6) is 0 Å². The maximum absolute atomic E-state index is 12.0. The Bertz CT molecular complexity index is 675. The van der Waals surface area contributed by atoms with E-state index in [1.165, 1.54) is 22.7 Å². The van der Waals surface area contributed by atoms with Crippen LogP contribution >= 0.6 is 0 Å². The fraction of sp³-hybridized carbons (Fsp3) is 0.286. The van der Waals surface area contributed by atoms with Crippen molar-refractivity contribution >= 4 is 21.0 Å². The van der Waals surface area contributed by atoms with Gasteiger partial charge in [-0.3, -0.25) is 0 Å². The highest BCUT2D eigenvalue weighted by molar-refractivity contribution is 7.86. The van der Waals surface area contributed by atoms with E-state index >= 15 is 0 Å². The third kappa shape index (κ3) is 2.78. The van der Waals surface area contributed by atoms with Crippen LogP contribution in [0.3, 0.4) is 0 Å². The fourth-order valence-electron chi connectivity index (χ4n) is 2.03. The monoisotopic (exact) mass is 278 g/mol. The molecule has 2 aromatic carbocycles. The van der Waals surface area contributed by atoms with E-state index in [2.05, 4.69) is 0 Å². The molecule has 0 amide bonds. The van der Waals surface area contributed by atoms with Crippen molar-refractivity contribution in [2.75, 3.05) is 21.1 Å². The van der Waals surface area contributed by atoms with Gasteiger partial charge in [0.25, 0.3) is 10.2 Å². The predicted molar refractivity (Wildman–Crippen MR) is 78.0 cm³/mol. The highest BCUT2D eigenvalue weighted by Crippen LogP contribution is 2.20. The Hall–Kier alpha value is -1.43. The topological polar surface area (TPSA) is 40.6 Å². The Kier molecular flexibility index (Phi) is 3.89. The van der Waals surface area contributed by atoms with Crippen LogP contribution in [0.25, 0.3) is 10.8 Å². The molecule has 0 aromatic heterocycles. The summed E-state index contributed by atoms with van der Waals surface area (Å²) in [6.45, 7) is 0.363. The Labute approximate surface area is 114 Å². The zero-order chi connectivity index (χ0) is 14.0. The van der Waals surface area contributed by atoms with Gasteiger partial charge in [0.1, 0.15) is 0 Å². The normalized spacial score (nSPS) is 12.5. The second kappa shape index (κ2) is 5.28. The SMILES string of the molecule is CN(C)S(=O)(=O)N(C)Cc1cccc2ccccc12. The van der Waals surface area contributed by atoms with Gasteiger partial charge in [0.05, 0.1) is 0 Å². The molecule has 2 aromatic rings. The lowest BCUT2D eigenvalue weighted by atomic mass is 10.0. The van der Waals surface area contributed by atoms with Gasteiger partial charge in [-0.05, 0) is 16.3 Å². The summed E-state index contributed by atoms with van der Waals surface area (Å²) in [6.07, 6.45) is 0. The molecule has 19 heavy (non-hydrogen) atoms. The number of fused-ring (bicyclic) bond motifs is 1. The van der Waals surface area contributed by atoms with Gasteiger partial charge < -0.3 is 0 Å². The van der Waals surface area contributed by atoms with Gasteiger partial charge in [-0.15, -0.1) is 0 Å². The Morgan fingerprint density at radius 3 is 2.26 bits per heavy atom. The Morgan fingerprint density at radius 2 is 1.58 bits per heavy atom. The molecule has 0 aliphatic heterocycles. The summed E-state index contributed by atoms with van der Waals surface area (Å²) in [4.78, 5) is 0. The van der Waals surface area contributed by atoms with Crippen LogP contribution in [0.2, 0.25) is 0 Å². The largest absolute Gasteiger partial charge is 0.281 e. The Balaban J connectivity index is 2.37. The van der Waals surface area contributed by atoms with Crippen LogP contribution in [0, 0.1) is 0 Å². The fourth-order valence-corrected chi connectivity index (χ4v) is 2.89. The van der Waals surface area contributed by atoms with Crippen molar-refractivity contribution < 1.29 is 8.42 Å². The van der Waals surface area contributed by atoms with Crippen molar-refractivity contribution in [3.8, 4) is 0 Å². The molecule has 4 nitrogen and oxygen atoms in total. The van der Waals surface area contributed by atoms with Gasteiger partial charge >= 0.3 is 0 Å². The van der Waals surface area contributed by atoms with E-state index in [-0.39, 0.29) is 0 Å². The predicted octanol–water partition coefficient (Wildman–Crippen LogP) is 2.08. The van der Waals surface area contributed by atoms with Crippen LogP contribution in [0.4, 0.5) is 0 Å². The summed E-state index contributed by atoms with van der Waals surface area (Å²) in [6, 6.07) is 13.9. The quantitative estimate of drug-likeness (QED) is 0.859. The molecule has 0 N–H and O–H groups in total. The lowest BCUT2D eigenvalue weighted by Crippen LogP contribution is -2.36. The summed E-state index contributed by atoms with van der Waals surface area (Å²) >= 11 is 0. The molecule has 0 spiro atoms. The highest BCUT2D eigenvalue weighted by Gasteiger charge is 2.20. The van der Waals surface area contributed by atoms with Crippen molar-refractivity contribution in [2.24, 2.45) is 0 Å². The van der Waals surface area contributed by atoms with Gasteiger partial charge in [-0.1, -0.05) is 42.5 Å². The summed E-state index contributed by atoms with van der Waals surface area (Å²) < 4.78 is 26.6. The maximum Gasteiger partial charge on any atom is 0.281 e. The number of hydrogen-bond donors (Lipinski definition) is 0. The minimum absolute atomic E-state index is 0.363. The van der Waals surface area contributed by atoms with E-state index in [0.717, 1.165) is 16.3 Å². The third-order valence-corrected chi connectivity index (χ3v) is 4.97. The first-order valence-electron chi connectivity index (χ1n) is 6.03. The first-order valence-corrected chi connectivity index (χ1v) is 7.43. The summed E-state index contributed by atoms with van der Waals surface area (Å²) in [5.74, 6) is 0. The number of benzene rings is 2. The average molecular weight is 278 g/mol. The average Bonchev–Trinajstić information content (AvgIpc) is 2.39. The lowest BCUT2D eigenvalue weighted by Gasteiger charge is -2.22. The molecule has 0 bridgehead atoms. The van der Waals surface area contributed by atoms with Gasteiger partial charge in [-0.25, -0.2) is 0 Å². The van der Waals surface area contributed by atoms with Gasteiger partial charge in [-0.2, -0.15) is 17.0 Å². The molecule has 102 valence electrons. The summed E-state index contributed by atoms with van der Waals surface area (Å²) in [7, 11) is 1.29. The lowest BCUT2D eigenvalue weighted by molar-refractivity contribution is 0.415. The first kappa shape index (κ1) is 14.0. The van der Waals surface area contributed by atoms with Crippen molar-refractivity contribution in [3.05, 3.63) is 48.0 Å². The van der Waals surface area contributed by atoms with Crippen molar-refractivity contribution in [2.45, 2.75) is 6.54 Å². The standard InChI is InChI=1S/C14H18N2O2S/c1-15(2)19(17,18)16(3)11-13-9-6-8-12-7-4-5-10-14(12)13/h4-10H,11H2,1-3H3. The van der Waals surface area contributed by atoms with E-state index in [4.69, 9.17) is 0 Å². The van der Waals surface area contributed by atoms with Crippen LogP contribution in [0.1, 0.15) is 5.56 Å². The molecule has 0 fully saturated rings. The van der Waals surface area contributed by atoms with Crippen molar-refractivity contribution in [1.29, 1.82) is 0 Å². The number of rotatable bonds is 4. The second-order valence-electron chi connectivity index (χ2n) is 4.68. The molecule has 0 heterocycles. The molecule has 0 radical (unpaired) electrons. The van der Waals surface area contributed by atoms with Crippen LogP contribution in [-0.4, -0.2) is 38.2 Å². The second-order valence-corrected chi connectivity index (χ2v) is 6.93. The maximum atomic E-state index is 12.0. The highest BCUT2D eigenvalue weighted by atomic mass is 32.2. The number of nitrogens with zero attached hydrogens (tertiary/aromatic N) is 2. The summed E-state index contributed by atoms with van der Waals surface area (Å²) in [5, 5.41) is 2.21. The smallest absolute Gasteiger partial charge is 0.195 e. The molecular weight excluding hydrogens is 260 g/mol. The van der Waals surface area contributed by atoms with Crippen molar-refractivity contribution in [3.63, 3.8) is 0 Å². The van der Waals surface area contributed by atoms with Crippen LogP contribution in [0.15, 0.2) is 42.5 Å². The molecule has 5 heteroatoms. The molecule has 2 rings (SSSR count). The van der Waals surface area contributed by atoms with E-state index in [9.17, 15) is 8.42 Å². The van der Waals surface area contributed by atoms with Crippen molar-refractivity contribution in [1.82, 2.24) is 8.61 Å². The molecule has 0 unspecified atom stereocenters. The van der Waals surface area contributed by atoms with Gasteiger partial charge in [0, 0.05) is 27.7 Å². The molecular formula is C14H18N2O2S. The van der Waals surface area contributed by atoms with E-state index in [0.29, 0.717) is 6.54 Å². The molecule has 0 saturated carbocycles. The molecule has 0 aliphatic rings.